The number of hydrazine groups is 1. The smallest absolute Gasteiger partial charge is 0.247 e. The first-order valence-corrected chi connectivity index (χ1v) is 8.38. The van der Waals surface area contributed by atoms with Gasteiger partial charge in [-0.05, 0) is 29.9 Å². The molecular weight excluding hydrogens is 290 g/mol. The maximum absolute atomic E-state index is 13.0. The van der Waals surface area contributed by atoms with E-state index in [1.54, 1.807) is 5.01 Å². The van der Waals surface area contributed by atoms with Crippen molar-refractivity contribution in [2.24, 2.45) is 23.2 Å². The summed E-state index contributed by atoms with van der Waals surface area (Å²) < 4.78 is 0. The second-order valence-electron chi connectivity index (χ2n) is 7.83. The Balaban J connectivity index is 1.65. The molecule has 122 valence electrons. The molecule has 3 aliphatic rings. The minimum atomic E-state index is -0.169. The molecule has 2 N–H and O–H groups in total. The van der Waals surface area contributed by atoms with Crippen molar-refractivity contribution in [3.8, 4) is 0 Å². The highest BCUT2D eigenvalue weighted by Gasteiger charge is 2.55. The highest BCUT2D eigenvalue weighted by molar-refractivity contribution is 5.98. The molecule has 1 aromatic rings. The van der Waals surface area contributed by atoms with Crippen LogP contribution in [0.1, 0.15) is 26.7 Å². The van der Waals surface area contributed by atoms with E-state index in [9.17, 15) is 9.59 Å². The van der Waals surface area contributed by atoms with Crippen LogP contribution in [0.3, 0.4) is 0 Å². The van der Waals surface area contributed by atoms with Crippen LogP contribution in [0, 0.1) is 23.2 Å². The molecule has 0 spiro atoms. The molecule has 4 unspecified atom stereocenters. The molecule has 1 aliphatic carbocycles. The van der Waals surface area contributed by atoms with Crippen LogP contribution in [0.2, 0.25) is 0 Å². The molecule has 0 radical (unpaired) electrons. The molecule has 2 aliphatic heterocycles. The Bertz CT molecular complexity index is 643. The molecule has 23 heavy (non-hydrogen) atoms. The summed E-state index contributed by atoms with van der Waals surface area (Å²) in [6.45, 7) is 4.95. The van der Waals surface area contributed by atoms with E-state index in [-0.39, 0.29) is 35.2 Å². The molecule has 5 heteroatoms. The number of Topliss-reactive ketones (excluding diaryl/α,β-unsaturated/α-hetero) is 1. The number of benzene rings is 1. The molecule has 4 rings (SSSR count). The monoisotopic (exact) mass is 313 g/mol. The summed E-state index contributed by atoms with van der Waals surface area (Å²) in [4.78, 5) is 25.5. The van der Waals surface area contributed by atoms with Crippen molar-refractivity contribution in [3.05, 3.63) is 30.3 Å². The number of rotatable bonds is 1. The predicted molar refractivity (Wildman–Crippen MR) is 87.3 cm³/mol. The van der Waals surface area contributed by atoms with Crippen molar-refractivity contribution in [1.29, 1.82) is 0 Å². The van der Waals surface area contributed by atoms with Gasteiger partial charge in [0.25, 0.3) is 0 Å². The maximum atomic E-state index is 13.0. The van der Waals surface area contributed by atoms with Crippen LogP contribution in [0.15, 0.2) is 30.3 Å². The first-order valence-electron chi connectivity index (χ1n) is 8.38. The fourth-order valence-electron chi connectivity index (χ4n) is 4.55. The quantitative estimate of drug-likeness (QED) is 0.828. The van der Waals surface area contributed by atoms with E-state index in [4.69, 9.17) is 0 Å². The lowest BCUT2D eigenvalue weighted by atomic mass is 9.61. The predicted octanol–water partition coefficient (Wildman–Crippen LogP) is 1.70. The van der Waals surface area contributed by atoms with E-state index in [2.05, 4.69) is 24.6 Å². The van der Waals surface area contributed by atoms with Crippen LogP contribution >= 0.6 is 0 Å². The number of para-hydroxylation sites is 1. The summed E-state index contributed by atoms with van der Waals surface area (Å²) in [5, 5.41) is 5.02. The topological polar surface area (TPSA) is 61.4 Å². The molecule has 5 nitrogen and oxygen atoms in total. The van der Waals surface area contributed by atoms with Crippen molar-refractivity contribution in [3.63, 3.8) is 0 Å². The zero-order valence-corrected chi connectivity index (χ0v) is 13.6. The van der Waals surface area contributed by atoms with Crippen molar-refractivity contribution in [1.82, 2.24) is 10.7 Å². The number of nitrogens with zero attached hydrogens (tertiary/aromatic N) is 1. The standard InChI is InChI=1S/C18H23N3O2/c1-18(2)8-12-13(14(22)9-18)10-19-16-15(12)17(23)21(20-16)11-6-4-3-5-7-11/h3-7,12-13,15-16,19-20H,8-10H2,1-2H3. The van der Waals surface area contributed by atoms with Gasteiger partial charge in [-0.3, -0.25) is 14.9 Å². The van der Waals surface area contributed by atoms with Gasteiger partial charge in [0.05, 0.1) is 17.8 Å². The number of amides is 1. The zero-order valence-electron chi connectivity index (χ0n) is 13.6. The fraction of sp³-hybridized carbons (Fsp3) is 0.556. The van der Waals surface area contributed by atoms with Crippen molar-refractivity contribution in [2.45, 2.75) is 32.9 Å². The largest absolute Gasteiger partial charge is 0.299 e. The zero-order chi connectivity index (χ0) is 16.2. The molecule has 2 saturated heterocycles. The molecular formula is C18H23N3O2. The number of hydrogen-bond acceptors (Lipinski definition) is 4. The van der Waals surface area contributed by atoms with Gasteiger partial charge in [-0.1, -0.05) is 32.0 Å². The molecule has 2 heterocycles. The van der Waals surface area contributed by atoms with Crippen molar-refractivity contribution >= 4 is 17.4 Å². The lowest BCUT2D eigenvalue weighted by Crippen LogP contribution is -2.58. The van der Waals surface area contributed by atoms with Gasteiger partial charge in [-0.2, -0.15) is 0 Å². The molecule has 1 amide bonds. The Hall–Kier alpha value is -1.72. The highest BCUT2D eigenvalue weighted by Crippen LogP contribution is 2.47. The Morgan fingerprint density at radius 1 is 1.17 bits per heavy atom. The number of carbonyl (C=O) groups is 2. The maximum Gasteiger partial charge on any atom is 0.247 e. The van der Waals surface area contributed by atoms with Crippen LogP contribution in [0.5, 0.6) is 0 Å². The van der Waals surface area contributed by atoms with E-state index >= 15 is 0 Å². The number of nitrogens with one attached hydrogen (secondary N) is 2. The summed E-state index contributed by atoms with van der Waals surface area (Å²) in [6.07, 6.45) is 1.48. The van der Waals surface area contributed by atoms with Crippen LogP contribution < -0.4 is 15.8 Å². The molecule has 1 saturated carbocycles. The highest BCUT2D eigenvalue weighted by atomic mass is 16.2. The molecule has 0 bridgehead atoms. The number of ketones is 1. The van der Waals surface area contributed by atoms with Gasteiger partial charge in [-0.25, -0.2) is 10.4 Å². The normalized spacial score (nSPS) is 35.8. The summed E-state index contributed by atoms with van der Waals surface area (Å²) in [7, 11) is 0. The Morgan fingerprint density at radius 2 is 1.91 bits per heavy atom. The Morgan fingerprint density at radius 3 is 2.65 bits per heavy atom. The van der Waals surface area contributed by atoms with Gasteiger partial charge >= 0.3 is 0 Å². The summed E-state index contributed by atoms with van der Waals surface area (Å²) in [5.74, 6) is 0.325. The third kappa shape index (κ3) is 2.39. The molecule has 3 fully saturated rings. The molecule has 0 aromatic heterocycles. The summed E-state index contributed by atoms with van der Waals surface area (Å²) in [5.41, 5.74) is 4.14. The van der Waals surface area contributed by atoms with Gasteiger partial charge in [0, 0.05) is 18.9 Å². The number of hydrogen-bond donors (Lipinski definition) is 2. The SMILES string of the molecule is CC1(C)CC(=O)C2CNC3NN(c4ccccc4)C(=O)C3C2C1. The van der Waals surface area contributed by atoms with E-state index in [0.717, 1.165) is 12.1 Å². The minimum Gasteiger partial charge on any atom is -0.299 e. The van der Waals surface area contributed by atoms with Crippen molar-refractivity contribution in [2.75, 3.05) is 11.6 Å². The van der Waals surface area contributed by atoms with Gasteiger partial charge in [-0.15, -0.1) is 0 Å². The number of anilines is 1. The second-order valence-corrected chi connectivity index (χ2v) is 7.83. The number of fused-ring (bicyclic) bond motifs is 3. The van der Waals surface area contributed by atoms with Crippen LogP contribution in [0.4, 0.5) is 5.69 Å². The second kappa shape index (κ2) is 5.14. The Labute approximate surface area is 136 Å². The van der Waals surface area contributed by atoms with E-state index in [0.29, 0.717) is 18.7 Å². The fourth-order valence-corrected chi connectivity index (χ4v) is 4.55. The first kappa shape index (κ1) is 14.8. The summed E-state index contributed by atoms with van der Waals surface area (Å²) >= 11 is 0. The lowest BCUT2D eigenvalue weighted by molar-refractivity contribution is -0.137. The van der Waals surface area contributed by atoms with Crippen LogP contribution in [0.25, 0.3) is 0 Å². The average molecular weight is 313 g/mol. The van der Waals surface area contributed by atoms with E-state index in [1.165, 1.54) is 0 Å². The van der Waals surface area contributed by atoms with Crippen LogP contribution in [-0.2, 0) is 9.59 Å². The third-order valence-electron chi connectivity index (χ3n) is 5.54. The number of piperidine rings is 1. The minimum absolute atomic E-state index is 0.0133. The Kier molecular flexibility index (Phi) is 3.32. The van der Waals surface area contributed by atoms with E-state index < -0.39 is 0 Å². The molecule has 1 aromatic carbocycles. The molecule has 4 atom stereocenters. The van der Waals surface area contributed by atoms with Gasteiger partial charge < -0.3 is 0 Å². The third-order valence-corrected chi connectivity index (χ3v) is 5.54. The van der Waals surface area contributed by atoms with Gasteiger partial charge in [0.1, 0.15) is 5.78 Å². The summed E-state index contributed by atoms with van der Waals surface area (Å²) in [6, 6.07) is 9.64. The average Bonchev–Trinajstić information content (AvgIpc) is 2.84. The van der Waals surface area contributed by atoms with Crippen LogP contribution in [-0.4, -0.2) is 24.4 Å². The first-order chi connectivity index (χ1) is 11.0. The van der Waals surface area contributed by atoms with E-state index in [1.807, 2.05) is 30.3 Å². The van der Waals surface area contributed by atoms with Gasteiger partial charge in [0.2, 0.25) is 5.91 Å². The van der Waals surface area contributed by atoms with Crippen molar-refractivity contribution < 1.29 is 9.59 Å². The number of carbonyl (C=O) groups excluding carboxylic acids is 2. The lowest BCUT2D eigenvalue weighted by Gasteiger charge is -2.46. The van der Waals surface area contributed by atoms with Gasteiger partial charge in [0.15, 0.2) is 0 Å².